The van der Waals surface area contributed by atoms with Crippen LogP contribution in [0.1, 0.15) is 58.9 Å². The van der Waals surface area contributed by atoms with Crippen LogP contribution in [-0.2, 0) is 11.2 Å². The third-order valence-electron chi connectivity index (χ3n) is 4.22. The number of unbranched alkanes of at least 4 members (excludes halogenated alkanes) is 1. The Balaban J connectivity index is 1.87. The molecule has 0 aromatic heterocycles. The molecule has 0 saturated carbocycles. The number of piperidine rings is 1. The number of ether oxygens (including phenoxy) is 1. The molecule has 0 spiro atoms. The number of carbonyl (C=O) groups is 1. The van der Waals surface area contributed by atoms with Crippen molar-refractivity contribution in [1.29, 1.82) is 0 Å². The molecule has 1 heterocycles. The Kier molecular flexibility index (Phi) is 6.52. The molecule has 0 aliphatic carbocycles. The quantitative estimate of drug-likeness (QED) is 0.839. The highest BCUT2D eigenvalue weighted by Crippen LogP contribution is 2.19. The third-order valence-corrected chi connectivity index (χ3v) is 4.22. The molecule has 1 aromatic rings. The van der Waals surface area contributed by atoms with E-state index in [1.807, 2.05) is 25.7 Å². The summed E-state index contributed by atoms with van der Waals surface area (Å²) in [4.78, 5) is 14.1. The first-order valence-electron chi connectivity index (χ1n) is 9.21. The lowest BCUT2D eigenvalue weighted by atomic mass is 10.0. The molecule has 1 saturated heterocycles. The number of amides is 1. The molecule has 1 aliphatic rings. The van der Waals surface area contributed by atoms with Gasteiger partial charge in [0, 0.05) is 24.8 Å². The Hall–Kier alpha value is -1.71. The molecule has 1 aromatic carbocycles. The minimum Gasteiger partial charge on any atom is -0.444 e. The molecule has 0 radical (unpaired) electrons. The van der Waals surface area contributed by atoms with Gasteiger partial charge in [-0.15, -0.1) is 0 Å². The maximum Gasteiger partial charge on any atom is 0.410 e. The van der Waals surface area contributed by atoms with Crippen molar-refractivity contribution < 1.29 is 9.53 Å². The van der Waals surface area contributed by atoms with Crippen LogP contribution in [0.5, 0.6) is 0 Å². The molecule has 4 nitrogen and oxygen atoms in total. The van der Waals surface area contributed by atoms with E-state index >= 15 is 0 Å². The third kappa shape index (κ3) is 6.06. The van der Waals surface area contributed by atoms with Crippen LogP contribution in [0.3, 0.4) is 0 Å². The van der Waals surface area contributed by atoms with Crippen molar-refractivity contribution in [1.82, 2.24) is 4.90 Å². The van der Waals surface area contributed by atoms with Gasteiger partial charge in [-0.25, -0.2) is 4.79 Å². The normalized spacial score (nSPS) is 18.3. The maximum atomic E-state index is 12.2. The van der Waals surface area contributed by atoms with Gasteiger partial charge in [-0.2, -0.15) is 0 Å². The second kappa shape index (κ2) is 8.41. The molecule has 134 valence electrons. The van der Waals surface area contributed by atoms with E-state index in [2.05, 4.69) is 36.5 Å². The average molecular weight is 332 g/mol. The lowest BCUT2D eigenvalue weighted by Gasteiger charge is -2.34. The lowest BCUT2D eigenvalue weighted by molar-refractivity contribution is 0.0206. The first kappa shape index (κ1) is 18.6. The zero-order valence-corrected chi connectivity index (χ0v) is 15.6. The Morgan fingerprint density at radius 1 is 1.29 bits per heavy atom. The fourth-order valence-corrected chi connectivity index (χ4v) is 2.97. The minimum atomic E-state index is -0.439. The van der Waals surface area contributed by atoms with Crippen molar-refractivity contribution in [3.63, 3.8) is 0 Å². The van der Waals surface area contributed by atoms with Crippen molar-refractivity contribution >= 4 is 11.8 Å². The summed E-state index contributed by atoms with van der Waals surface area (Å²) >= 11 is 0. The van der Waals surface area contributed by atoms with Crippen LogP contribution < -0.4 is 5.32 Å². The SMILES string of the molecule is CCCCc1ccc(NC2CCCN(C(=O)OC(C)(C)C)C2)cc1. The highest BCUT2D eigenvalue weighted by Gasteiger charge is 2.27. The Morgan fingerprint density at radius 3 is 2.62 bits per heavy atom. The summed E-state index contributed by atoms with van der Waals surface area (Å²) in [6.45, 7) is 9.42. The van der Waals surface area contributed by atoms with Gasteiger partial charge in [-0.3, -0.25) is 0 Å². The maximum absolute atomic E-state index is 12.2. The second-order valence-electron chi connectivity index (χ2n) is 7.71. The van der Waals surface area contributed by atoms with Gasteiger partial charge in [0.2, 0.25) is 0 Å². The monoisotopic (exact) mass is 332 g/mol. The summed E-state index contributed by atoms with van der Waals surface area (Å²) in [6, 6.07) is 8.99. The zero-order valence-electron chi connectivity index (χ0n) is 15.6. The summed E-state index contributed by atoms with van der Waals surface area (Å²) in [5.74, 6) is 0. The van der Waals surface area contributed by atoms with E-state index in [0.29, 0.717) is 6.54 Å². The summed E-state index contributed by atoms with van der Waals surface area (Å²) in [5, 5.41) is 3.56. The molecular weight excluding hydrogens is 300 g/mol. The van der Waals surface area contributed by atoms with E-state index in [4.69, 9.17) is 4.74 Å². The smallest absolute Gasteiger partial charge is 0.410 e. The summed E-state index contributed by atoms with van der Waals surface area (Å²) in [6.07, 6.45) is 5.49. The number of nitrogens with zero attached hydrogens (tertiary/aromatic N) is 1. The Bertz CT molecular complexity index is 519. The van der Waals surface area contributed by atoms with Crippen molar-refractivity contribution in [2.24, 2.45) is 0 Å². The standard InChI is InChI=1S/C20H32N2O2/c1-5-6-8-16-10-12-17(13-11-16)21-18-9-7-14-22(15-18)19(23)24-20(2,3)4/h10-13,18,21H,5-9,14-15H2,1-4H3. The number of anilines is 1. The highest BCUT2D eigenvalue weighted by atomic mass is 16.6. The van der Waals surface area contributed by atoms with E-state index in [9.17, 15) is 4.79 Å². The second-order valence-corrected chi connectivity index (χ2v) is 7.71. The predicted octanol–water partition coefficient (Wildman–Crippen LogP) is 4.84. The number of hydrogen-bond acceptors (Lipinski definition) is 3. The van der Waals surface area contributed by atoms with Gasteiger partial charge in [-0.1, -0.05) is 25.5 Å². The predicted molar refractivity (Wildman–Crippen MR) is 99.5 cm³/mol. The molecule has 4 heteroatoms. The topological polar surface area (TPSA) is 41.6 Å². The Morgan fingerprint density at radius 2 is 2.00 bits per heavy atom. The lowest BCUT2D eigenvalue weighted by Crippen LogP contribution is -2.46. The number of likely N-dealkylation sites (tertiary alicyclic amines) is 1. The van der Waals surface area contributed by atoms with E-state index < -0.39 is 5.60 Å². The highest BCUT2D eigenvalue weighted by molar-refractivity contribution is 5.68. The van der Waals surface area contributed by atoms with Gasteiger partial charge in [0.05, 0.1) is 0 Å². The summed E-state index contributed by atoms with van der Waals surface area (Å²) in [7, 11) is 0. The molecule has 1 aliphatic heterocycles. The molecule has 1 atom stereocenters. The first-order valence-corrected chi connectivity index (χ1v) is 9.21. The van der Waals surface area contributed by atoms with E-state index in [0.717, 1.165) is 31.5 Å². The summed E-state index contributed by atoms with van der Waals surface area (Å²) < 4.78 is 5.49. The molecule has 1 unspecified atom stereocenters. The van der Waals surface area contributed by atoms with Gasteiger partial charge in [-0.05, 0) is 64.2 Å². The van der Waals surface area contributed by atoms with Gasteiger partial charge in [0.15, 0.2) is 0 Å². The molecule has 1 fully saturated rings. The van der Waals surface area contributed by atoms with Crippen LogP contribution in [0.4, 0.5) is 10.5 Å². The number of rotatable bonds is 5. The largest absolute Gasteiger partial charge is 0.444 e. The van der Waals surface area contributed by atoms with Gasteiger partial charge < -0.3 is 15.0 Å². The average Bonchev–Trinajstić information content (AvgIpc) is 2.53. The van der Waals surface area contributed by atoms with E-state index in [1.54, 1.807) is 0 Å². The van der Waals surface area contributed by atoms with Crippen molar-refractivity contribution in [2.75, 3.05) is 18.4 Å². The minimum absolute atomic E-state index is 0.205. The van der Waals surface area contributed by atoms with Crippen LogP contribution in [0.2, 0.25) is 0 Å². The summed E-state index contributed by atoms with van der Waals surface area (Å²) in [5.41, 5.74) is 2.08. The first-order chi connectivity index (χ1) is 11.4. The molecular formula is C20H32N2O2. The zero-order chi connectivity index (χ0) is 17.6. The van der Waals surface area contributed by atoms with Crippen LogP contribution in [0.15, 0.2) is 24.3 Å². The number of carbonyl (C=O) groups excluding carboxylic acids is 1. The number of nitrogens with one attached hydrogen (secondary N) is 1. The molecule has 1 amide bonds. The number of aryl methyl sites for hydroxylation is 1. The van der Waals surface area contributed by atoms with Crippen LogP contribution in [-0.4, -0.2) is 35.7 Å². The number of benzene rings is 1. The van der Waals surface area contributed by atoms with Crippen molar-refractivity contribution in [3.8, 4) is 0 Å². The van der Waals surface area contributed by atoms with E-state index in [1.165, 1.54) is 18.4 Å². The fraction of sp³-hybridized carbons (Fsp3) is 0.650. The van der Waals surface area contributed by atoms with Crippen LogP contribution in [0, 0.1) is 0 Å². The molecule has 1 N–H and O–H groups in total. The molecule has 24 heavy (non-hydrogen) atoms. The van der Waals surface area contributed by atoms with Crippen molar-refractivity contribution in [2.45, 2.75) is 71.4 Å². The van der Waals surface area contributed by atoms with Gasteiger partial charge in [0.25, 0.3) is 0 Å². The number of hydrogen-bond donors (Lipinski definition) is 1. The van der Waals surface area contributed by atoms with Crippen LogP contribution >= 0.6 is 0 Å². The van der Waals surface area contributed by atoms with Gasteiger partial charge in [0.1, 0.15) is 5.60 Å². The van der Waals surface area contributed by atoms with Crippen molar-refractivity contribution in [3.05, 3.63) is 29.8 Å². The van der Waals surface area contributed by atoms with E-state index in [-0.39, 0.29) is 12.1 Å². The Labute approximate surface area is 146 Å². The molecule has 0 bridgehead atoms. The fourth-order valence-electron chi connectivity index (χ4n) is 2.97. The molecule has 2 rings (SSSR count). The van der Waals surface area contributed by atoms with Crippen LogP contribution in [0.25, 0.3) is 0 Å². The van der Waals surface area contributed by atoms with Gasteiger partial charge >= 0.3 is 6.09 Å².